The summed E-state index contributed by atoms with van der Waals surface area (Å²) in [7, 11) is 0. The molecule has 1 aliphatic carbocycles. The first-order chi connectivity index (χ1) is 9.33. The molecule has 0 radical (unpaired) electrons. The van der Waals surface area contributed by atoms with E-state index in [0.717, 1.165) is 12.8 Å². The second-order valence-corrected chi connectivity index (χ2v) is 6.33. The average molecular weight is 282 g/mol. The first-order valence-corrected chi connectivity index (χ1v) is 7.15. The van der Waals surface area contributed by atoms with Crippen molar-refractivity contribution in [3.63, 3.8) is 0 Å². The Morgan fingerprint density at radius 3 is 2.45 bits per heavy atom. The van der Waals surface area contributed by atoms with Crippen molar-refractivity contribution in [1.82, 2.24) is 4.90 Å². The van der Waals surface area contributed by atoms with Crippen molar-refractivity contribution in [2.24, 2.45) is 23.0 Å². The fraction of sp³-hybridized carbons (Fsp3) is 0.786. The second-order valence-electron chi connectivity index (χ2n) is 6.33. The summed E-state index contributed by atoms with van der Waals surface area (Å²) in [4.78, 5) is 36.6. The maximum atomic E-state index is 12.5. The lowest BCUT2D eigenvalue weighted by atomic mass is 9.80. The van der Waals surface area contributed by atoms with Crippen molar-refractivity contribution in [1.29, 1.82) is 0 Å². The van der Waals surface area contributed by atoms with Crippen LogP contribution in [-0.4, -0.2) is 40.9 Å². The maximum Gasteiger partial charge on any atom is 0.306 e. The van der Waals surface area contributed by atoms with Crippen LogP contribution < -0.4 is 5.73 Å². The van der Waals surface area contributed by atoms with Crippen LogP contribution in [-0.2, 0) is 14.4 Å². The van der Waals surface area contributed by atoms with E-state index in [0.29, 0.717) is 32.4 Å². The molecule has 3 N–H and O–H groups in total. The Balaban J connectivity index is 1.98. The van der Waals surface area contributed by atoms with Gasteiger partial charge in [-0.2, -0.15) is 0 Å². The standard InChI is InChI=1S/C14H22N2O4/c1-14(13(15)20)5-6-16(8-14)11(17)9-3-2-4-10(7-9)12(18)19/h9-10H,2-8H2,1H3,(H2,15,20)(H,18,19). The highest BCUT2D eigenvalue weighted by Crippen LogP contribution is 2.34. The molecule has 2 aliphatic rings. The molecular weight excluding hydrogens is 260 g/mol. The summed E-state index contributed by atoms with van der Waals surface area (Å²) in [5.74, 6) is -1.84. The van der Waals surface area contributed by atoms with Crippen LogP contribution in [0.1, 0.15) is 39.0 Å². The van der Waals surface area contributed by atoms with E-state index in [1.165, 1.54) is 0 Å². The molecule has 1 heterocycles. The molecule has 0 aromatic rings. The summed E-state index contributed by atoms with van der Waals surface area (Å²) in [6.45, 7) is 2.67. The normalized spacial score (nSPS) is 34.0. The van der Waals surface area contributed by atoms with Gasteiger partial charge in [-0.3, -0.25) is 14.4 Å². The molecule has 0 bridgehead atoms. The third-order valence-corrected chi connectivity index (χ3v) is 4.75. The molecule has 6 heteroatoms. The van der Waals surface area contributed by atoms with Crippen LogP contribution in [0.15, 0.2) is 0 Å². The van der Waals surface area contributed by atoms with E-state index in [-0.39, 0.29) is 17.7 Å². The lowest BCUT2D eigenvalue weighted by Crippen LogP contribution is -2.41. The first-order valence-electron chi connectivity index (χ1n) is 7.15. The number of primary amides is 1. The number of nitrogens with two attached hydrogens (primary N) is 1. The smallest absolute Gasteiger partial charge is 0.306 e. The molecule has 1 saturated heterocycles. The summed E-state index contributed by atoms with van der Waals surface area (Å²) >= 11 is 0. The molecule has 0 spiro atoms. The van der Waals surface area contributed by atoms with Gasteiger partial charge in [0.25, 0.3) is 0 Å². The summed E-state index contributed by atoms with van der Waals surface area (Å²) < 4.78 is 0. The Morgan fingerprint density at radius 1 is 1.25 bits per heavy atom. The molecule has 1 aliphatic heterocycles. The highest BCUT2D eigenvalue weighted by atomic mass is 16.4. The predicted molar refractivity (Wildman–Crippen MR) is 71.6 cm³/mol. The van der Waals surface area contributed by atoms with Gasteiger partial charge in [-0.05, 0) is 32.6 Å². The van der Waals surface area contributed by atoms with Crippen LogP contribution in [0.25, 0.3) is 0 Å². The largest absolute Gasteiger partial charge is 0.481 e. The molecule has 2 fully saturated rings. The van der Waals surface area contributed by atoms with Gasteiger partial charge in [0.05, 0.1) is 11.3 Å². The van der Waals surface area contributed by atoms with Crippen molar-refractivity contribution in [2.75, 3.05) is 13.1 Å². The zero-order valence-corrected chi connectivity index (χ0v) is 11.8. The van der Waals surface area contributed by atoms with E-state index < -0.39 is 17.3 Å². The Morgan fingerprint density at radius 2 is 1.90 bits per heavy atom. The van der Waals surface area contributed by atoms with Gasteiger partial charge in [0.15, 0.2) is 0 Å². The predicted octanol–water partition coefficient (Wildman–Crippen LogP) is 0.601. The number of carbonyl (C=O) groups excluding carboxylic acids is 2. The van der Waals surface area contributed by atoms with E-state index in [9.17, 15) is 14.4 Å². The van der Waals surface area contributed by atoms with Crippen LogP contribution >= 0.6 is 0 Å². The maximum absolute atomic E-state index is 12.5. The summed E-state index contributed by atoms with van der Waals surface area (Å²) in [6, 6.07) is 0. The van der Waals surface area contributed by atoms with Gasteiger partial charge in [-0.25, -0.2) is 0 Å². The highest BCUT2D eigenvalue weighted by Gasteiger charge is 2.43. The van der Waals surface area contributed by atoms with Crippen LogP contribution in [0.5, 0.6) is 0 Å². The summed E-state index contributed by atoms with van der Waals surface area (Å²) in [5, 5.41) is 9.07. The van der Waals surface area contributed by atoms with Crippen molar-refractivity contribution < 1.29 is 19.5 Å². The third kappa shape index (κ3) is 2.78. The summed E-state index contributed by atoms with van der Waals surface area (Å²) in [6.07, 6.45) is 3.17. The van der Waals surface area contributed by atoms with E-state index in [1.54, 1.807) is 11.8 Å². The molecule has 0 aromatic heterocycles. The van der Waals surface area contributed by atoms with Crippen LogP contribution in [0, 0.1) is 17.3 Å². The zero-order chi connectivity index (χ0) is 14.9. The number of hydrogen-bond donors (Lipinski definition) is 2. The molecule has 1 saturated carbocycles. The van der Waals surface area contributed by atoms with Gasteiger partial charge in [-0.1, -0.05) is 6.42 Å². The molecule has 20 heavy (non-hydrogen) atoms. The van der Waals surface area contributed by atoms with Crippen molar-refractivity contribution in [3.05, 3.63) is 0 Å². The Bertz CT molecular complexity index is 433. The minimum atomic E-state index is -0.814. The van der Waals surface area contributed by atoms with Gasteiger partial charge in [-0.15, -0.1) is 0 Å². The Labute approximate surface area is 118 Å². The summed E-state index contributed by atoms with van der Waals surface area (Å²) in [5.41, 5.74) is 4.74. The van der Waals surface area contributed by atoms with Crippen LogP contribution in [0.3, 0.4) is 0 Å². The Hall–Kier alpha value is -1.59. The van der Waals surface area contributed by atoms with Gasteiger partial charge < -0.3 is 15.7 Å². The number of carboxylic acids is 1. The molecule has 112 valence electrons. The lowest BCUT2D eigenvalue weighted by molar-refractivity contribution is -0.145. The van der Waals surface area contributed by atoms with Crippen molar-refractivity contribution in [3.8, 4) is 0 Å². The molecule has 2 amide bonds. The van der Waals surface area contributed by atoms with Crippen molar-refractivity contribution >= 4 is 17.8 Å². The number of rotatable bonds is 3. The van der Waals surface area contributed by atoms with E-state index in [2.05, 4.69) is 0 Å². The molecule has 3 atom stereocenters. The minimum Gasteiger partial charge on any atom is -0.481 e. The van der Waals surface area contributed by atoms with E-state index in [1.807, 2.05) is 0 Å². The molecule has 0 aromatic carbocycles. The van der Waals surface area contributed by atoms with Gasteiger partial charge in [0, 0.05) is 19.0 Å². The number of hydrogen-bond acceptors (Lipinski definition) is 3. The molecule has 3 unspecified atom stereocenters. The fourth-order valence-electron chi connectivity index (χ4n) is 3.25. The SMILES string of the molecule is CC1(C(N)=O)CCN(C(=O)C2CCCC(C(=O)O)C2)C1. The van der Waals surface area contributed by atoms with Gasteiger partial charge >= 0.3 is 5.97 Å². The topological polar surface area (TPSA) is 101 Å². The molecule has 6 nitrogen and oxygen atoms in total. The Kier molecular flexibility index (Phi) is 4.01. The van der Waals surface area contributed by atoms with E-state index in [4.69, 9.17) is 10.8 Å². The number of likely N-dealkylation sites (tertiary alicyclic amines) is 1. The van der Waals surface area contributed by atoms with Gasteiger partial charge in [0.2, 0.25) is 11.8 Å². The third-order valence-electron chi connectivity index (χ3n) is 4.75. The molecule has 2 rings (SSSR count). The zero-order valence-electron chi connectivity index (χ0n) is 11.8. The average Bonchev–Trinajstić information content (AvgIpc) is 2.82. The second kappa shape index (κ2) is 5.42. The quantitative estimate of drug-likeness (QED) is 0.791. The monoisotopic (exact) mass is 282 g/mol. The van der Waals surface area contributed by atoms with Crippen LogP contribution in [0.2, 0.25) is 0 Å². The number of nitrogens with zero attached hydrogens (tertiary/aromatic N) is 1. The number of carbonyl (C=O) groups is 3. The lowest BCUT2D eigenvalue weighted by Gasteiger charge is -2.30. The van der Waals surface area contributed by atoms with Crippen molar-refractivity contribution in [2.45, 2.75) is 39.0 Å². The van der Waals surface area contributed by atoms with Gasteiger partial charge in [0.1, 0.15) is 0 Å². The number of carboxylic acid groups (broad SMARTS) is 1. The first kappa shape index (κ1) is 14.8. The number of aliphatic carboxylic acids is 1. The molecular formula is C14H22N2O4. The number of amides is 2. The highest BCUT2D eigenvalue weighted by molar-refractivity contribution is 5.85. The fourth-order valence-corrected chi connectivity index (χ4v) is 3.25. The van der Waals surface area contributed by atoms with Crippen LogP contribution in [0.4, 0.5) is 0 Å². The minimum absolute atomic E-state index is 0.0130. The van der Waals surface area contributed by atoms with E-state index >= 15 is 0 Å².